The monoisotopic (exact) mass is 467 g/mol. The molecule has 8 nitrogen and oxygen atoms in total. The van der Waals surface area contributed by atoms with Gasteiger partial charge in [-0.3, -0.25) is 19.3 Å². The molecule has 0 radical (unpaired) electrons. The van der Waals surface area contributed by atoms with Gasteiger partial charge in [0, 0.05) is 32.2 Å². The van der Waals surface area contributed by atoms with Gasteiger partial charge in [0.15, 0.2) is 0 Å². The molecule has 176 valence electrons. The lowest BCUT2D eigenvalue weighted by atomic mass is 9.87. The van der Waals surface area contributed by atoms with E-state index < -0.39 is 6.04 Å². The molecule has 0 spiro atoms. The van der Waals surface area contributed by atoms with Crippen LogP contribution in [0.5, 0.6) is 0 Å². The molecule has 0 unspecified atom stereocenters. The molecule has 10 heteroatoms. The summed E-state index contributed by atoms with van der Waals surface area (Å²) >= 11 is 0. The predicted molar refractivity (Wildman–Crippen MR) is 123 cm³/mol. The molecule has 3 amide bonds. The lowest BCUT2D eigenvalue weighted by Gasteiger charge is -2.35. The number of hydrogen-bond donors (Lipinski definition) is 3. The first kappa shape index (κ1) is 28.9. The molecule has 2 aliphatic rings. The van der Waals surface area contributed by atoms with Crippen molar-refractivity contribution in [1.82, 2.24) is 20.4 Å². The quantitative estimate of drug-likeness (QED) is 0.512. The molecular formula is C20H39Cl2N5O3. The number of halogens is 2. The van der Waals surface area contributed by atoms with Crippen LogP contribution in [0.2, 0.25) is 0 Å². The third-order valence-electron chi connectivity index (χ3n) is 5.91. The number of nitrogens with one attached hydrogen (secondary N) is 2. The molecule has 4 N–H and O–H groups in total. The lowest BCUT2D eigenvalue weighted by Crippen LogP contribution is -2.54. The SMILES string of the molecule is CC1CCC(NC(=O)CN2CCN(C(=O)CNC(=O)[C@@H](N)C(C)C)CC2)CC1.Cl.Cl. The molecule has 1 aliphatic heterocycles. The third kappa shape index (κ3) is 9.37. The summed E-state index contributed by atoms with van der Waals surface area (Å²) in [5.74, 6) is 0.473. The van der Waals surface area contributed by atoms with Gasteiger partial charge in [0.1, 0.15) is 0 Å². The van der Waals surface area contributed by atoms with E-state index in [0.717, 1.165) is 18.8 Å². The molecule has 30 heavy (non-hydrogen) atoms. The van der Waals surface area contributed by atoms with Crippen molar-refractivity contribution < 1.29 is 14.4 Å². The second-order valence-electron chi connectivity index (χ2n) is 8.67. The minimum absolute atomic E-state index is 0. The number of nitrogens with zero attached hydrogens (tertiary/aromatic N) is 2. The summed E-state index contributed by atoms with van der Waals surface area (Å²) in [5, 5.41) is 5.77. The van der Waals surface area contributed by atoms with E-state index in [1.165, 1.54) is 12.8 Å². The van der Waals surface area contributed by atoms with E-state index in [2.05, 4.69) is 22.5 Å². The zero-order chi connectivity index (χ0) is 20.7. The number of carbonyl (C=O) groups is 3. The maximum atomic E-state index is 12.3. The van der Waals surface area contributed by atoms with Gasteiger partial charge in [0.2, 0.25) is 17.7 Å². The first-order valence-electron chi connectivity index (χ1n) is 10.6. The van der Waals surface area contributed by atoms with Crippen molar-refractivity contribution in [1.29, 1.82) is 0 Å². The summed E-state index contributed by atoms with van der Waals surface area (Å²) < 4.78 is 0. The number of amides is 3. The van der Waals surface area contributed by atoms with E-state index in [-0.39, 0.29) is 55.0 Å². The summed E-state index contributed by atoms with van der Waals surface area (Å²) in [6, 6.07) is -0.289. The highest BCUT2D eigenvalue weighted by Crippen LogP contribution is 2.23. The molecular weight excluding hydrogens is 429 g/mol. The number of carbonyl (C=O) groups excluding carboxylic acids is 3. The lowest BCUT2D eigenvalue weighted by molar-refractivity contribution is -0.135. The molecule has 2 fully saturated rings. The van der Waals surface area contributed by atoms with Crippen LogP contribution in [-0.4, -0.2) is 78.9 Å². The zero-order valence-corrected chi connectivity index (χ0v) is 20.0. The fourth-order valence-corrected chi connectivity index (χ4v) is 3.73. The molecule has 0 bridgehead atoms. The van der Waals surface area contributed by atoms with Gasteiger partial charge in [-0.1, -0.05) is 20.8 Å². The topological polar surface area (TPSA) is 108 Å². The van der Waals surface area contributed by atoms with Crippen LogP contribution < -0.4 is 16.4 Å². The van der Waals surface area contributed by atoms with Crippen LogP contribution in [0.3, 0.4) is 0 Å². The average Bonchev–Trinajstić information content (AvgIpc) is 2.67. The van der Waals surface area contributed by atoms with Gasteiger partial charge in [-0.25, -0.2) is 0 Å². The normalized spacial score (nSPS) is 23.0. The maximum Gasteiger partial charge on any atom is 0.242 e. The number of piperazine rings is 1. The smallest absolute Gasteiger partial charge is 0.242 e. The van der Waals surface area contributed by atoms with Crippen molar-refractivity contribution in [2.24, 2.45) is 17.6 Å². The van der Waals surface area contributed by atoms with Crippen LogP contribution in [0.15, 0.2) is 0 Å². The van der Waals surface area contributed by atoms with Crippen LogP contribution >= 0.6 is 24.8 Å². The minimum atomic E-state index is -0.601. The molecule has 0 aromatic rings. The first-order chi connectivity index (χ1) is 13.3. The van der Waals surface area contributed by atoms with Crippen LogP contribution in [0.4, 0.5) is 0 Å². The highest BCUT2D eigenvalue weighted by molar-refractivity contribution is 5.87. The third-order valence-corrected chi connectivity index (χ3v) is 5.91. The van der Waals surface area contributed by atoms with Crippen LogP contribution in [0.1, 0.15) is 46.5 Å². The summed E-state index contributed by atoms with van der Waals surface area (Å²) in [4.78, 5) is 40.2. The number of nitrogens with two attached hydrogens (primary N) is 1. The van der Waals surface area contributed by atoms with Gasteiger partial charge in [0.05, 0.1) is 19.1 Å². The van der Waals surface area contributed by atoms with E-state index >= 15 is 0 Å². The summed E-state index contributed by atoms with van der Waals surface area (Å²) in [6.07, 6.45) is 4.51. The Morgan fingerprint density at radius 3 is 2.10 bits per heavy atom. The van der Waals surface area contributed by atoms with Crippen LogP contribution in [-0.2, 0) is 14.4 Å². The molecule has 2 rings (SSSR count). The van der Waals surface area contributed by atoms with E-state index in [1.54, 1.807) is 4.90 Å². The van der Waals surface area contributed by atoms with Gasteiger partial charge >= 0.3 is 0 Å². The van der Waals surface area contributed by atoms with Crippen LogP contribution in [0, 0.1) is 11.8 Å². The Hall–Kier alpha value is -1.09. The summed E-state index contributed by atoms with van der Waals surface area (Å²) in [5.41, 5.74) is 5.78. The van der Waals surface area contributed by atoms with Crippen LogP contribution in [0.25, 0.3) is 0 Å². The van der Waals surface area contributed by atoms with Gasteiger partial charge < -0.3 is 21.3 Å². The standard InChI is InChI=1S/C20H37N5O3.2ClH/c1-14(2)19(21)20(28)22-12-18(27)25-10-8-24(9-11-25)13-17(26)23-16-6-4-15(3)5-7-16;;/h14-16,19H,4-13,21H2,1-3H3,(H,22,28)(H,23,26);2*1H/t15?,16?,19-;;/m0../s1. The summed E-state index contributed by atoms with van der Waals surface area (Å²) in [6.45, 7) is 8.84. The Morgan fingerprint density at radius 1 is 1.00 bits per heavy atom. The number of rotatable bonds is 7. The molecule has 1 saturated heterocycles. The maximum absolute atomic E-state index is 12.3. The first-order valence-corrected chi connectivity index (χ1v) is 10.6. The van der Waals surface area contributed by atoms with E-state index in [1.807, 2.05) is 13.8 Å². The van der Waals surface area contributed by atoms with Crippen molar-refractivity contribution in [2.45, 2.75) is 58.5 Å². The molecule has 1 atom stereocenters. The molecule has 1 saturated carbocycles. The Balaban J connectivity index is 0.00000420. The van der Waals surface area contributed by atoms with Gasteiger partial charge in [-0.15, -0.1) is 24.8 Å². The average molecular weight is 468 g/mol. The van der Waals surface area contributed by atoms with Crippen molar-refractivity contribution in [2.75, 3.05) is 39.3 Å². The Morgan fingerprint density at radius 2 is 1.57 bits per heavy atom. The minimum Gasteiger partial charge on any atom is -0.352 e. The Kier molecular flexibility index (Phi) is 13.6. The molecule has 1 aliphatic carbocycles. The van der Waals surface area contributed by atoms with Crippen molar-refractivity contribution in [3.63, 3.8) is 0 Å². The Labute approximate surface area is 192 Å². The largest absolute Gasteiger partial charge is 0.352 e. The predicted octanol–water partition coefficient (Wildman–Crippen LogP) is 0.769. The second kappa shape index (κ2) is 14.1. The fourth-order valence-electron chi connectivity index (χ4n) is 3.73. The van der Waals surface area contributed by atoms with Gasteiger partial charge in [0.25, 0.3) is 0 Å². The highest BCUT2D eigenvalue weighted by Gasteiger charge is 2.25. The van der Waals surface area contributed by atoms with E-state index in [9.17, 15) is 14.4 Å². The van der Waals surface area contributed by atoms with Crippen molar-refractivity contribution >= 4 is 42.5 Å². The fraction of sp³-hybridized carbons (Fsp3) is 0.850. The van der Waals surface area contributed by atoms with E-state index in [0.29, 0.717) is 38.8 Å². The summed E-state index contributed by atoms with van der Waals surface area (Å²) in [7, 11) is 0. The van der Waals surface area contributed by atoms with Gasteiger partial charge in [-0.2, -0.15) is 0 Å². The zero-order valence-electron chi connectivity index (χ0n) is 18.4. The number of hydrogen-bond acceptors (Lipinski definition) is 5. The van der Waals surface area contributed by atoms with Gasteiger partial charge in [-0.05, 0) is 37.5 Å². The van der Waals surface area contributed by atoms with Crippen molar-refractivity contribution in [3.05, 3.63) is 0 Å². The molecule has 1 heterocycles. The van der Waals surface area contributed by atoms with E-state index in [4.69, 9.17) is 5.73 Å². The van der Waals surface area contributed by atoms with Crippen molar-refractivity contribution in [3.8, 4) is 0 Å². The Bertz CT molecular complexity index is 549. The second-order valence-corrected chi connectivity index (χ2v) is 8.67. The molecule has 0 aromatic carbocycles. The highest BCUT2D eigenvalue weighted by atomic mass is 35.5. The molecule has 0 aromatic heterocycles.